The molecule has 1 aliphatic rings. The molecular weight excluding hydrogens is 218 g/mol. The molecule has 1 aromatic carbocycles. The zero-order chi connectivity index (χ0) is 12.6. The van der Waals surface area contributed by atoms with Crippen molar-refractivity contribution in [2.45, 2.75) is 57.9 Å². The lowest BCUT2D eigenvalue weighted by molar-refractivity contribution is 0.404. The van der Waals surface area contributed by atoms with Gasteiger partial charge in [-0.1, -0.05) is 62.9 Å². The van der Waals surface area contributed by atoms with Crippen molar-refractivity contribution in [3.8, 4) is 0 Å². The molecule has 1 nitrogen and oxygen atoms in total. The van der Waals surface area contributed by atoms with E-state index in [2.05, 4.69) is 42.6 Å². The van der Waals surface area contributed by atoms with Crippen LogP contribution in [-0.2, 0) is 6.42 Å². The highest BCUT2D eigenvalue weighted by molar-refractivity contribution is 5.16. The van der Waals surface area contributed by atoms with Crippen LogP contribution in [0.15, 0.2) is 30.3 Å². The van der Waals surface area contributed by atoms with Crippen LogP contribution in [0.3, 0.4) is 0 Å². The van der Waals surface area contributed by atoms with E-state index in [-0.39, 0.29) is 0 Å². The minimum Gasteiger partial charge on any atom is -0.314 e. The highest BCUT2D eigenvalue weighted by Crippen LogP contribution is 2.24. The van der Waals surface area contributed by atoms with E-state index in [4.69, 9.17) is 0 Å². The quantitative estimate of drug-likeness (QED) is 0.711. The SMILES string of the molecule is CCCCCCC1NCCC1Cc1ccccc1. The molecule has 1 heterocycles. The lowest BCUT2D eigenvalue weighted by atomic mass is 9.90. The molecule has 0 aliphatic carbocycles. The van der Waals surface area contributed by atoms with Gasteiger partial charge >= 0.3 is 0 Å². The summed E-state index contributed by atoms with van der Waals surface area (Å²) in [5.41, 5.74) is 1.50. The molecule has 0 spiro atoms. The van der Waals surface area contributed by atoms with Gasteiger partial charge in [-0.25, -0.2) is 0 Å². The Morgan fingerprint density at radius 2 is 1.94 bits per heavy atom. The van der Waals surface area contributed by atoms with E-state index < -0.39 is 0 Å². The van der Waals surface area contributed by atoms with Crippen molar-refractivity contribution in [1.29, 1.82) is 0 Å². The van der Waals surface area contributed by atoms with Crippen LogP contribution < -0.4 is 5.32 Å². The maximum Gasteiger partial charge on any atom is 0.00989 e. The molecule has 1 heteroatoms. The highest BCUT2D eigenvalue weighted by Gasteiger charge is 2.25. The second-order valence-corrected chi connectivity index (χ2v) is 5.65. The molecule has 0 aromatic heterocycles. The van der Waals surface area contributed by atoms with Gasteiger partial charge in [-0.2, -0.15) is 0 Å². The number of rotatable bonds is 7. The summed E-state index contributed by atoms with van der Waals surface area (Å²) in [5, 5.41) is 3.70. The number of hydrogen-bond donors (Lipinski definition) is 1. The summed E-state index contributed by atoms with van der Waals surface area (Å²) in [4.78, 5) is 0. The highest BCUT2D eigenvalue weighted by atomic mass is 14.9. The van der Waals surface area contributed by atoms with Crippen LogP contribution in [0.1, 0.15) is 51.0 Å². The summed E-state index contributed by atoms with van der Waals surface area (Å²) in [7, 11) is 0. The van der Waals surface area contributed by atoms with Crippen molar-refractivity contribution in [3.63, 3.8) is 0 Å². The van der Waals surface area contributed by atoms with E-state index >= 15 is 0 Å². The first-order valence-corrected chi connectivity index (χ1v) is 7.67. The van der Waals surface area contributed by atoms with Crippen LogP contribution in [0.4, 0.5) is 0 Å². The largest absolute Gasteiger partial charge is 0.314 e. The number of unbranched alkanes of at least 4 members (excludes halogenated alkanes) is 3. The Bertz CT molecular complexity index is 320. The molecule has 2 atom stereocenters. The second kappa shape index (κ2) is 7.58. The van der Waals surface area contributed by atoms with Gasteiger partial charge in [0, 0.05) is 6.04 Å². The van der Waals surface area contributed by atoms with Gasteiger partial charge in [-0.3, -0.25) is 0 Å². The third-order valence-corrected chi connectivity index (χ3v) is 4.20. The minimum absolute atomic E-state index is 0.766. The molecule has 0 radical (unpaired) electrons. The topological polar surface area (TPSA) is 12.0 Å². The Labute approximate surface area is 112 Å². The van der Waals surface area contributed by atoms with Gasteiger partial charge in [-0.15, -0.1) is 0 Å². The Kier molecular flexibility index (Phi) is 5.73. The van der Waals surface area contributed by atoms with Gasteiger partial charge in [0.05, 0.1) is 0 Å². The first-order chi connectivity index (χ1) is 8.90. The van der Waals surface area contributed by atoms with E-state index in [1.54, 1.807) is 0 Å². The van der Waals surface area contributed by atoms with Crippen molar-refractivity contribution in [2.24, 2.45) is 5.92 Å². The Morgan fingerprint density at radius 3 is 2.72 bits per heavy atom. The molecular formula is C17H27N. The van der Waals surface area contributed by atoms with E-state index in [0.29, 0.717) is 0 Å². The first-order valence-electron chi connectivity index (χ1n) is 7.67. The number of nitrogens with one attached hydrogen (secondary N) is 1. The predicted octanol–water partition coefficient (Wildman–Crippen LogP) is 4.18. The normalized spacial score (nSPS) is 23.4. The van der Waals surface area contributed by atoms with Crippen molar-refractivity contribution in [2.75, 3.05) is 6.54 Å². The summed E-state index contributed by atoms with van der Waals surface area (Å²) in [6, 6.07) is 11.7. The van der Waals surface area contributed by atoms with E-state index in [9.17, 15) is 0 Å². The van der Waals surface area contributed by atoms with E-state index in [1.165, 1.54) is 57.1 Å². The third kappa shape index (κ3) is 4.13. The van der Waals surface area contributed by atoms with Crippen molar-refractivity contribution >= 4 is 0 Å². The van der Waals surface area contributed by atoms with Gasteiger partial charge in [0.2, 0.25) is 0 Å². The molecule has 0 saturated carbocycles. The fraction of sp³-hybridized carbons (Fsp3) is 0.647. The average molecular weight is 245 g/mol. The predicted molar refractivity (Wildman–Crippen MR) is 78.8 cm³/mol. The van der Waals surface area contributed by atoms with E-state index in [1.807, 2.05) is 0 Å². The van der Waals surface area contributed by atoms with Gasteiger partial charge < -0.3 is 5.32 Å². The average Bonchev–Trinajstić information content (AvgIpc) is 2.83. The molecule has 18 heavy (non-hydrogen) atoms. The van der Waals surface area contributed by atoms with Gasteiger partial charge in [0.15, 0.2) is 0 Å². The molecule has 1 N–H and O–H groups in total. The Balaban J connectivity index is 1.77. The molecule has 100 valence electrons. The Hall–Kier alpha value is -0.820. The Morgan fingerprint density at radius 1 is 1.11 bits per heavy atom. The van der Waals surface area contributed by atoms with Crippen LogP contribution in [0.25, 0.3) is 0 Å². The van der Waals surface area contributed by atoms with Crippen molar-refractivity contribution < 1.29 is 0 Å². The monoisotopic (exact) mass is 245 g/mol. The zero-order valence-electron chi connectivity index (χ0n) is 11.7. The molecule has 0 amide bonds. The van der Waals surface area contributed by atoms with Crippen LogP contribution in [0.5, 0.6) is 0 Å². The standard InChI is InChI=1S/C17H27N/c1-2-3-4-8-11-17-16(12-13-18-17)14-15-9-6-5-7-10-15/h5-7,9-10,16-18H,2-4,8,11-14H2,1H3. The smallest absolute Gasteiger partial charge is 0.00989 e. The van der Waals surface area contributed by atoms with E-state index in [0.717, 1.165) is 12.0 Å². The van der Waals surface area contributed by atoms with Crippen molar-refractivity contribution in [3.05, 3.63) is 35.9 Å². The third-order valence-electron chi connectivity index (χ3n) is 4.20. The number of benzene rings is 1. The molecule has 1 fully saturated rings. The maximum atomic E-state index is 3.70. The molecule has 0 bridgehead atoms. The summed E-state index contributed by atoms with van der Waals surface area (Å²) in [5.74, 6) is 0.856. The minimum atomic E-state index is 0.766. The van der Waals surface area contributed by atoms with Gasteiger partial charge in [0.1, 0.15) is 0 Å². The summed E-state index contributed by atoms with van der Waals surface area (Å²) in [6.07, 6.45) is 9.53. The first kappa shape index (κ1) is 13.6. The fourth-order valence-corrected chi connectivity index (χ4v) is 3.11. The maximum absolute atomic E-state index is 3.70. The second-order valence-electron chi connectivity index (χ2n) is 5.65. The summed E-state index contributed by atoms with van der Waals surface area (Å²) >= 11 is 0. The van der Waals surface area contributed by atoms with Gasteiger partial charge in [0.25, 0.3) is 0 Å². The van der Waals surface area contributed by atoms with Crippen molar-refractivity contribution in [1.82, 2.24) is 5.32 Å². The molecule has 2 unspecified atom stereocenters. The zero-order valence-corrected chi connectivity index (χ0v) is 11.7. The van der Waals surface area contributed by atoms with Crippen LogP contribution in [0.2, 0.25) is 0 Å². The van der Waals surface area contributed by atoms with Crippen LogP contribution >= 0.6 is 0 Å². The lowest BCUT2D eigenvalue weighted by Gasteiger charge is -2.19. The molecule has 1 saturated heterocycles. The summed E-state index contributed by atoms with van der Waals surface area (Å²) < 4.78 is 0. The lowest BCUT2D eigenvalue weighted by Crippen LogP contribution is -2.27. The van der Waals surface area contributed by atoms with Crippen LogP contribution in [-0.4, -0.2) is 12.6 Å². The number of hydrogen-bond acceptors (Lipinski definition) is 1. The van der Waals surface area contributed by atoms with Crippen LogP contribution in [0, 0.1) is 5.92 Å². The fourth-order valence-electron chi connectivity index (χ4n) is 3.11. The summed E-state index contributed by atoms with van der Waals surface area (Å²) in [6.45, 7) is 3.50. The molecule has 1 aliphatic heterocycles. The molecule has 2 rings (SSSR count). The van der Waals surface area contributed by atoms with Gasteiger partial charge in [-0.05, 0) is 37.3 Å². The molecule has 1 aromatic rings.